The smallest absolute Gasteiger partial charge is 0.262 e. The Morgan fingerprint density at radius 1 is 1.53 bits per heavy atom. The van der Waals surface area contributed by atoms with Crippen molar-refractivity contribution in [2.75, 3.05) is 6.61 Å². The summed E-state index contributed by atoms with van der Waals surface area (Å²) in [7, 11) is 0. The second-order valence-corrected chi connectivity index (χ2v) is 5.41. The van der Waals surface area contributed by atoms with Gasteiger partial charge < -0.3 is 5.11 Å². The van der Waals surface area contributed by atoms with Gasteiger partial charge in [-0.25, -0.2) is 4.98 Å². The van der Waals surface area contributed by atoms with Gasteiger partial charge in [-0.15, -0.1) is 11.3 Å². The molecule has 0 aliphatic carbocycles. The molecule has 0 aromatic carbocycles. The molecule has 0 saturated heterocycles. The zero-order valence-corrected chi connectivity index (χ0v) is 11.0. The second-order valence-electron chi connectivity index (χ2n) is 4.55. The lowest BCUT2D eigenvalue weighted by Crippen LogP contribution is -2.30. The number of hydrogen-bond donors (Lipinski definition) is 1. The second kappa shape index (κ2) is 4.58. The summed E-state index contributed by atoms with van der Waals surface area (Å²) in [6.45, 7) is 5.83. The monoisotopic (exact) mass is 252 g/mol. The van der Waals surface area contributed by atoms with Crippen molar-refractivity contribution >= 4 is 21.6 Å². The van der Waals surface area contributed by atoms with Crippen LogP contribution in [-0.4, -0.2) is 21.3 Å². The summed E-state index contributed by atoms with van der Waals surface area (Å²) in [4.78, 5) is 17.4. The Bertz CT molecular complexity index is 586. The Morgan fingerprint density at radius 3 is 2.82 bits per heavy atom. The van der Waals surface area contributed by atoms with Crippen molar-refractivity contribution in [1.29, 1.82) is 0 Å². The molecular weight excluding hydrogens is 236 g/mol. The Morgan fingerprint density at radius 2 is 2.24 bits per heavy atom. The van der Waals surface area contributed by atoms with Crippen molar-refractivity contribution in [3.63, 3.8) is 0 Å². The van der Waals surface area contributed by atoms with E-state index in [9.17, 15) is 9.90 Å². The minimum Gasteiger partial charge on any atom is -0.394 e. The summed E-state index contributed by atoms with van der Waals surface area (Å²) in [5, 5.41) is 12.0. The molecule has 2 rings (SSSR count). The van der Waals surface area contributed by atoms with Crippen LogP contribution in [0.4, 0.5) is 0 Å². The van der Waals surface area contributed by atoms with Crippen molar-refractivity contribution in [2.45, 2.75) is 26.8 Å². The lowest BCUT2D eigenvalue weighted by atomic mass is 10.1. The third kappa shape index (κ3) is 2.00. The van der Waals surface area contributed by atoms with E-state index in [0.29, 0.717) is 5.39 Å². The highest BCUT2D eigenvalue weighted by molar-refractivity contribution is 7.16. The molecule has 92 valence electrons. The molecule has 2 heterocycles. The first kappa shape index (κ1) is 12.3. The van der Waals surface area contributed by atoms with Gasteiger partial charge in [-0.3, -0.25) is 9.36 Å². The molecule has 0 spiro atoms. The summed E-state index contributed by atoms with van der Waals surface area (Å²) in [5.74, 6) is 0.191. The number of rotatable bonds is 3. The van der Waals surface area contributed by atoms with Crippen LogP contribution < -0.4 is 5.56 Å². The van der Waals surface area contributed by atoms with Crippen LogP contribution in [0.1, 0.15) is 25.5 Å². The van der Waals surface area contributed by atoms with Crippen molar-refractivity contribution in [1.82, 2.24) is 9.55 Å². The Kier molecular flexibility index (Phi) is 3.31. The molecule has 2 aromatic heterocycles. The van der Waals surface area contributed by atoms with Crippen molar-refractivity contribution < 1.29 is 5.11 Å². The lowest BCUT2D eigenvalue weighted by molar-refractivity contribution is 0.189. The summed E-state index contributed by atoms with van der Waals surface area (Å²) in [5.41, 5.74) is 0.902. The Balaban J connectivity index is 2.67. The van der Waals surface area contributed by atoms with E-state index in [1.165, 1.54) is 11.3 Å². The molecular formula is C12H16N2O2S. The molecule has 0 fully saturated rings. The largest absolute Gasteiger partial charge is 0.394 e. The van der Waals surface area contributed by atoms with Gasteiger partial charge in [0.2, 0.25) is 0 Å². The molecule has 4 nitrogen and oxygen atoms in total. The number of aryl methyl sites for hydroxylation is 1. The zero-order chi connectivity index (χ0) is 12.6. The summed E-state index contributed by atoms with van der Waals surface area (Å²) >= 11 is 1.48. The summed E-state index contributed by atoms with van der Waals surface area (Å²) in [6.07, 6.45) is 1.54. The van der Waals surface area contributed by atoms with Gasteiger partial charge in [-0.05, 0) is 23.8 Å². The molecule has 2 aromatic rings. The van der Waals surface area contributed by atoms with E-state index in [-0.39, 0.29) is 24.1 Å². The summed E-state index contributed by atoms with van der Waals surface area (Å²) in [6, 6.07) is -0.210. The molecule has 1 unspecified atom stereocenters. The van der Waals surface area contributed by atoms with E-state index in [4.69, 9.17) is 0 Å². The van der Waals surface area contributed by atoms with Gasteiger partial charge in [0.15, 0.2) is 0 Å². The first-order valence-corrected chi connectivity index (χ1v) is 6.50. The number of thiophene rings is 1. The standard InChI is InChI=1S/C12H16N2O2S/c1-7(2)9(4-15)14-6-13-11-10(12(14)16)8(3)5-17-11/h5-7,9,15H,4H2,1-3H3. The number of aliphatic hydroxyl groups excluding tert-OH is 1. The van der Waals surface area contributed by atoms with E-state index < -0.39 is 0 Å². The predicted octanol–water partition coefficient (Wildman–Crippen LogP) is 1.96. The predicted molar refractivity (Wildman–Crippen MR) is 69.6 cm³/mol. The number of hydrogen-bond acceptors (Lipinski definition) is 4. The van der Waals surface area contributed by atoms with Gasteiger partial charge in [0.05, 0.1) is 24.4 Å². The molecule has 0 aliphatic rings. The maximum absolute atomic E-state index is 12.3. The molecule has 0 bridgehead atoms. The highest BCUT2D eigenvalue weighted by Gasteiger charge is 2.18. The highest BCUT2D eigenvalue weighted by Crippen LogP contribution is 2.21. The van der Waals surface area contributed by atoms with Gasteiger partial charge in [-0.1, -0.05) is 13.8 Å². The first-order chi connectivity index (χ1) is 8.06. The van der Waals surface area contributed by atoms with Crippen LogP contribution in [0.25, 0.3) is 10.2 Å². The third-order valence-corrected chi connectivity index (χ3v) is 4.02. The van der Waals surface area contributed by atoms with Gasteiger partial charge in [0.25, 0.3) is 5.56 Å². The number of fused-ring (bicyclic) bond motifs is 1. The molecule has 17 heavy (non-hydrogen) atoms. The van der Waals surface area contributed by atoms with Gasteiger partial charge in [0, 0.05) is 0 Å². The molecule has 0 radical (unpaired) electrons. The quantitative estimate of drug-likeness (QED) is 0.908. The molecule has 0 amide bonds. The van der Waals surface area contributed by atoms with Gasteiger partial charge in [0.1, 0.15) is 4.83 Å². The van der Waals surface area contributed by atoms with Crippen molar-refractivity contribution in [3.8, 4) is 0 Å². The first-order valence-electron chi connectivity index (χ1n) is 5.62. The summed E-state index contributed by atoms with van der Waals surface area (Å²) < 4.78 is 1.55. The van der Waals surface area contributed by atoms with Crippen LogP contribution in [0.15, 0.2) is 16.5 Å². The zero-order valence-electron chi connectivity index (χ0n) is 10.2. The molecule has 1 atom stereocenters. The SMILES string of the molecule is Cc1csc2ncn(C(CO)C(C)C)c(=O)c12. The fourth-order valence-electron chi connectivity index (χ4n) is 1.94. The van der Waals surface area contributed by atoms with Gasteiger partial charge >= 0.3 is 0 Å². The van der Waals surface area contributed by atoms with E-state index in [2.05, 4.69) is 4.98 Å². The number of aliphatic hydroxyl groups is 1. The van der Waals surface area contributed by atoms with Crippen LogP contribution >= 0.6 is 11.3 Å². The van der Waals surface area contributed by atoms with Gasteiger partial charge in [-0.2, -0.15) is 0 Å². The Labute approximate surface area is 104 Å². The van der Waals surface area contributed by atoms with Crippen LogP contribution in [0, 0.1) is 12.8 Å². The lowest BCUT2D eigenvalue weighted by Gasteiger charge is -2.20. The number of nitrogens with zero attached hydrogens (tertiary/aromatic N) is 2. The fraction of sp³-hybridized carbons (Fsp3) is 0.500. The van der Waals surface area contributed by atoms with Crippen molar-refractivity contribution in [2.24, 2.45) is 5.92 Å². The van der Waals surface area contributed by atoms with Crippen molar-refractivity contribution in [3.05, 3.63) is 27.6 Å². The van der Waals surface area contributed by atoms with Crippen LogP contribution in [0.5, 0.6) is 0 Å². The van der Waals surface area contributed by atoms with E-state index >= 15 is 0 Å². The normalized spacial score (nSPS) is 13.5. The van der Waals surface area contributed by atoms with Crippen LogP contribution in [0.2, 0.25) is 0 Å². The average Bonchev–Trinajstić information content (AvgIpc) is 2.65. The maximum Gasteiger partial charge on any atom is 0.262 e. The maximum atomic E-state index is 12.3. The fourth-order valence-corrected chi connectivity index (χ4v) is 2.82. The average molecular weight is 252 g/mol. The molecule has 0 saturated carbocycles. The minimum atomic E-state index is -0.210. The topological polar surface area (TPSA) is 55.1 Å². The molecule has 1 N–H and O–H groups in total. The van der Waals surface area contributed by atoms with E-state index in [1.807, 2.05) is 26.2 Å². The van der Waals surface area contributed by atoms with Crippen LogP contribution in [0.3, 0.4) is 0 Å². The third-order valence-electron chi connectivity index (χ3n) is 3.02. The molecule has 0 aliphatic heterocycles. The van der Waals surface area contributed by atoms with E-state index in [0.717, 1.165) is 10.4 Å². The number of aromatic nitrogens is 2. The highest BCUT2D eigenvalue weighted by atomic mass is 32.1. The molecule has 5 heteroatoms. The van der Waals surface area contributed by atoms with E-state index in [1.54, 1.807) is 10.9 Å². The van der Waals surface area contributed by atoms with Crippen LogP contribution in [-0.2, 0) is 0 Å². The Hall–Kier alpha value is -1.20. The minimum absolute atomic E-state index is 0.0477.